The third kappa shape index (κ3) is 2.20. The van der Waals surface area contributed by atoms with E-state index in [1.54, 1.807) is 24.3 Å². The fourth-order valence-corrected chi connectivity index (χ4v) is 2.59. The Bertz CT molecular complexity index is 1050. The van der Waals surface area contributed by atoms with Crippen LogP contribution in [0.1, 0.15) is 11.6 Å². The number of nitro groups is 1. The number of benzene rings is 2. The van der Waals surface area contributed by atoms with Crippen molar-refractivity contribution >= 4 is 27.8 Å². The number of rotatable bonds is 3. The first-order valence-electron chi connectivity index (χ1n) is 6.87. The molecule has 0 bridgehead atoms. The quantitative estimate of drug-likeness (QED) is 0.448. The smallest absolute Gasteiger partial charge is 0.297 e. The van der Waals surface area contributed by atoms with Crippen molar-refractivity contribution < 1.29 is 9.31 Å². The number of fused-ring (bicyclic) bond motifs is 2. The van der Waals surface area contributed by atoms with Gasteiger partial charge >= 0.3 is 0 Å². The third-order valence-electron chi connectivity index (χ3n) is 3.58. The fraction of sp³-hybridized carbons (Fsp3) is 0.0667. The number of nitrogens with one attached hydrogen (secondary N) is 2. The standard InChI is InChI=1S/C15H10FN5O2/c16-8-3-1-4-9-14(8)19-12(17-9)7-13-18-10-5-2-6-11(21(22)23)15(10)20-13/h1-6H,7H2,(H,17,19)(H,18,20). The summed E-state index contributed by atoms with van der Waals surface area (Å²) in [7, 11) is 0. The molecule has 2 heterocycles. The van der Waals surface area contributed by atoms with Crippen molar-refractivity contribution in [2.75, 3.05) is 0 Å². The van der Waals surface area contributed by atoms with Gasteiger partial charge in [0.25, 0.3) is 5.69 Å². The van der Waals surface area contributed by atoms with Gasteiger partial charge in [0.2, 0.25) is 0 Å². The Balaban J connectivity index is 1.75. The van der Waals surface area contributed by atoms with Crippen LogP contribution in [0.15, 0.2) is 36.4 Å². The van der Waals surface area contributed by atoms with E-state index < -0.39 is 10.7 Å². The van der Waals surface area contributed by atoms with Crippen LogP contribution in [-0.4, -0.2) is 24.9 Å². The van der Waals surface area contributed by atoms with Gasteiger partial charge in [0.05, 0.1) is 22.4 Å². The number of aromatic nitrogens is 4. The van der Waals surface area contributed by atoms with E-state index in [4.69, 9.17) is 0 Å². The molecule has 2 aromatic heterocycles. The molecule has 0 spiro atoms. The number of para-hydroxylation sites is 2. The Morgan fingerprint density at radius 2 is 1.61 bits per heavy atom. The van der Waals surface area contributed by atoms with Crippen molar-refractivity contribution in [2.24, 2.45) is 0 Å². The predicted molar refractivity (Wildman–Crippen MR) is 81.6 cm³/mol. The zero-order valence-electron chi connectivity index (χ0n) is 11.7. The van der Waals surface area contributed by atoms with E-state index in [-0.39, 0.29) is 11.2 Å². The van der Waals surface area contributed by atoms with Gasteiger partial charge in [0.15, 0.2) is 11.3 Å². The number of imidazole rings is 2. The maximum Gasteiger partial charge on any atom is 0.297 e. The summed E-state index contributed by atoms with van der Waals surface area (Å²) < 4.78 is 13.7. The SMILES string of the molecule is O=[N+]([O-])c1cccc2[nH]c(Cc3nc4c(F)cccc4[nH]3)nc12. The van der Waals surface area contributed by atoms with Crippen LogP contribution >= 0.6 is 0 Å². The van der Waals surface area contributed by atoms with Gasteiger partial charge in [0.1, 0.15) is 17.2 Å². The molecule has 4 aromatic rings. The van der Waals surface area contributed by atoms with Gasteiger partial charge in [-0.3, -0.25) is 10.1 Å². The molecule has 0 atom stereocenters. The number of aromatic amines is 2. The van der Waals surface area contributed by atoms with Crippen LogP contribution < -0.4 is 0 Å². The van der Waals surface area contributed by atoms with Gasteiger partial charge in [-0.15, -0.1) is 0 Å². The molecule has 0 fully saturated rings. The zero-order chi connectivity index (χ0) is 16.0. The first-order valence-corrected chi connectivity index (χ1v) is 6.87. The van der Waals surface area contributed by atoms with Crippen molar-refractivity contribution in [1.82, 2.24) is 19.9 Å². The highest BCUT2D eigenvalue weighted by atomic mass is 19.1. The molecule has 114 valence electrons. The highest BCUT2D eigenvalue weighted by molar-refractivity contribution is 5.84. The van der Waals surface area contributed by atoms with Gasteiger partial charge in [-0.2, -0.15) is 0 Å². The van der Waals surface area contributed by atoms with Crippen molar-refractivity contribution in [3.8, 4) is 0 Å². The molecule has 2 N–H and O–H groups in total. The highest BCUT2D eigenvalue weighted by Gasteiger charge is 2.16. The molecule has 0 unspecified atom stereocenters. The molecular weight excluding hydrogens is 301 g/mol. The van der Waals surface area contributed by atoms with Gasteiger partial charge in [0, 0.05) is 6.07 Å². The molecule has 0 saturated heterocycles. The van der Waals surface area contributed by atoms with Crippen LogP contribution in [0.25, 0.3) is 22.1 Å². The minimum atomic E-state index is -0.469. The Labute approximate surface area is 128 Å². The zero-order valence-corrected chi connectivity index (χ0v) is 11.7. The van der Waals surface area contributed by atoms with Crippen LogP contribution in [0, 0.1) is 15.9 Å². The largest absolute Gasteiger partial charge is 0.342 e. The molecule has 23 heavy (non-hydrogen) atoms. The van der Waals surface area contributed by atoms with Crippen LogP contribution in [0.3, 0.4) is 0 Å². The summed E-state index contributed by atoms with van der Waals surface area (Å²) in [5, 5.41) is 11.0. The van der Waals surface area contributed by atoms with Gasteiger partial charge in [-0.05, 0) is 18.2 Å². The number of H-pyrrole nitrogens is 2. The Kier molecular flexibility index (Phi) is 2.83. The molecule has 7 nitrogen and oxygen atoms in total. The lowest BCUT2D eigenvalue weighted by Crippen LogP contribution is -1.93. The average Bonchev–Trinajstić information content (AvgIpc) is 3.10. The minimum Gasteiger partial charge on any atom is -0.342 e. The lowest BCUT2D eigenvalue weighted by molar-refractivity contribution is -0.383. The summed E-state index contributed by atoms with van der Waals surface area (Å²) in [4.78, 5) is 25.1. The number of halogens is 1. The third-order valence-corrected chi connectivity index (χ3v) is 3.58. The second-order valence-corrected chi connectivity index (χ2v) is 5.11. The van der Waals surface area contributed by atoms with Crippen LogP contribution in [0.4, 0.5) is 10.1 Å². The maximum atomic E-state index is 13.7. The molecule has 0 amide bonds. The van der Waals surface area contributed by atoms with Crippen LogP contribution in [0.5, 0.6) is 0 Å². The monoisotopic (exact) mass is 311 g/mol. The molecular formula is C15H10FN5O2. The predicted octanol–water partition coefficient (Wildman–Crippen LogP) is 3.08. The highest BCUT2D eigenvalue weighted by Crippen LogP contribution is 2.24. The normalized spacial score (nSPS) is 11.3. The number of nitro benzene ring substituents is 1. The van der Waals surface area contributed by atoms with E-state index in [1.807, 2.05) is 0 Å². The summed E-state index contributed by atoms with van der Waals surface area (Å²) >= 11 is 0. The second kappa shape index (κ2) is 4.87. The summed E-state index contributed by atoms with van der Waals surface area (Å²) in [5.74, 6) is 0.658. The lowest BCUT2D eigenvalue weighted by atomic mass is 10.3. The van der Waals surface area contributed by atoms with Crippen LogP contribution in [-0.2, 0) is 6.42 Å². The van der Waals surface area contributed by atoms with Gasteiger partial charge < -0.3 is 9.97 Å². The average molecular weight is 311 g/mol. The van der Waals surface area contributed by atoms with Crippen molar-refractivity contribution in [3.05, 3.63) is 64.0 Å². The summed E-state index contributed by atoms with van der Waals surface area (Å²) in [6.45, 7) is 0. The molecule has 0 aliphatic rings. The Morgan fingerprint density at radius 1 is 1.00 bits per heavy atom. The van der Waals surface area contributed by atoms with E-state index >= 15 is 0 Å². The fourth-order valence-electron chi connectivity index (χ4n) is 2.59. The van der Waals surface area contributed by atoms with Crippen molar-refractivity contribution in [3.63, 3.8) is 0 Å². The van der Waals surface area contributed by atoms with Crippen molar-refractivity contribution in [1.29, 1.82) is 0 Å². The van der Waals surface area contributed by atoms with Gasteiger partial charge in [-0.1, -0.05) is 12.1 Å². The Hall–Kier alpha value is -3.29. The minimum absolute atomic E-state index is 0.0550. The molecule has 0 aliphatic heterocycles. The maximum absolute atomic E-state index is 13.7. The van der Waals surface area contributed by atoms with E-state index in [1.165, 1.54) is 12.1 Å². The van der Waals surface area contributed by atoms with Gasteiger partial charge in [-0.25, -0.2) is 14.4 Å². The Morgan fingerprint density at radius 3 is 2.26 bits per heavy atom. The van der Waals surface area contributed by atoms with E-state index in [2.05, 4.69) is 19.9 Å². The van der Waals surface area contributed by atoms with E-state index in [0.717, 1.165) is 0 Å². The topological polar surface area (TPSA) is 100 Å². The molecule has 0 radical (unpaired) electrons. The number of non-ortho nitro benzene ring substituents is 1. The van der Waals surface area contributed by atoms with Crippen molar-refractivity contribution in [2.45, 2.75) is 6.42 Å². The number of hydrogen-bond donors (Lipinski definition) is 2. The molecule has 0 aliphatic carbocycles. The molecule has 0 saturated carbocycles. The molecule has 8 heteroatoms. The number of nitrogens with zero attached hydrogens (tertiary/aromatic N) is 3. The first-order chi connectivity index (χ1) is 11.1. The summed E-state index contributed by atoms with van der Waals surface area (Å²) in [6.07, 6.45) is 0.292. The van der Waals surface area contributed by atoms with E-state index in [9.17, 15) is 14.5 Å². The summed E-state index contributed by atoms with van der Waals surface area (Å²) in [6, 6.07) is 9.40. The molecule has 2 aromatic carbocycles. The first kappa shape index (κ1) is 13.4. The number of hydrogen-bond acceptors (Lipinski definition) is 4. The summed E-state index contributed by atoms with van der Waals surface area (Å²) in [5.41, 5.74) is 1.69. The van der Waals surface area contributed by atoms with Crippen LogP contribution in [0.2, 0.25) is 0 Å². The van der Waals surface area contributed by atoms with E-state index in [0.29, 0.717) is 34.6 Å². The lowest BCUT2D eigenvalue weighted by Gasteiger charge is -1.90. The second-order valence-electron chi connectivity index (χ2n) is 5.11. The molecule has 4 rings (SSSR count).